The highest BCUT2D eigenvalue weighted by molar-refractivity contribution is 7.95. The van der Waals surface area contributed by atoms with Crippen LogP contribution in [-0.2, 0) is 4.74 Å². The van der Waals surface area contributed by atoms with Crippen molar-refractivity contribution in [3.05, 3.63) is 0 Å². The zero-order chi connectivity index (χ0) is 6.53. The third-order valence-electron chi connectivity index (χ3n) is 1.19. The molecular weight excluding hydrogens is 136 g/mol. The second-order valence-electron chi connectivity index (χ2n) is 1.84. The molecule has 0 unspecified atom stereocenters. The van der Waals surface area contributed by atoms with Crippen molar-refractivity contribution < 1.29 is 4.74 Å². The minimum atomic E-state index is 0.870. The molecule has 1 heterocycles. The molecule has 0 amide bonds. The van der Waals surface area contributed by atoms with E-state index in [2.05, 4.69) is 9.03 Å². The molecule has 1 aliphatic heterocycles. The molecule has 0 bridgehead atoms. The molecule has 0 atom stereocenters. The third-order valence-corrected chi connectivity index (χ3v) is 2.00. The number of hydrogen-bond donors (Lipinski definition) is 1. The molecule has 0 aromatic heterocycles. The fourth-order valence-electron chi connectivity index (χ4n) is 0.767. The van der Waals surface area contributed by atoms with Crippen LogP contribution in [0, 0.1) is 0 Å². The lowest BCUT2D eigenvalue weighted by Crippen LogP contribution is -2.32. The van der Waals surface area contributed by atoms with Crippen molar-refractivity contribution in [3.8, 4) is 0 Å². The number of morpholine rings is 1. The summed E-state index contributed by atoms with van der Waals surface area (Å²) in [6, 6.07) is 0. The molecule has 0 aromatic carbocycles. The standard InChI is InChI=1S/C5H12N2OS/c1-6-9-7-2-4-8-5-3-7/h6H,2-5H2,1H3. The van der Waals surface area contributed by atoms with Gasteiger partial charge in [0.05, 0.1) is 13.2 Å². The molecule has 0 saturated carbocycles. The van der Waals surface area contributed by atoms with E-state index in [0.717, 1.165) is 26.3 Å². The summed E-state index contributed by atoms with van der Waals surface area (Å²) in [6.45, 7) is 3.81. The lowest BCUT2D eigenvalue weighted by Gasteiger charge is -2.24. The third kappa shape index (κ3) is 2.53. The van der Waals surface area contributed by atoms with Crippen LogP contribution in [-0.4, -0.2) is 37.7 Å². The molecule has 1 rings (SSSR count). The summed E-state index contributed by atoms with van der Waals surface area (Å²) in [7, 11) is 1.93. The highest BCUT2D eigenvalue weighted by Gasteiger charge is 2.08. The Morgan fingerprint density at radius 1 is 1.44 bits per heavy atom. The summed E-state index contributed by atoms with van der Waals surface area (Å²) >= 11 is 1.66. The number of nitrogens with one attached hydrogen (secondary N) is 1. The van der Waals surface area contributed by atoms with Crippen molar-refractivity contribution in [2.75, 3.05) is 33.4 Å². The van der Waals surface area contributed by atoms with E-state index in [-0.39, 0.29) is 0 Å². The van der Waals surface area contributed by atoms with Gasteiger partial charge in [0.2, 0.25) is 0 Å². The van der Waals surface area contributed by atoms with Gasteiger partial charge in [-0.15, -0.1) is 0 Å². The van der Waals surface area contributed by atoms with Crippen molar-refractivity contribution >= 4 is 12.1 Å². The average molecular weight is 148 g/mol. The maximum absolute atomic E-state index is 5.16. The van der Waals surface area contributed by atoms with Gasteiger partial charge in [0.1, 0.15) is 0 Å². The van der Waals surface area contributed by atoms with Crippen molar-refractivity contribution in [2.45, 2.75) is 0 Å². The molecule has 54 valence electrons. The SMILES string of the molecule is CNSN1CCOCC1. The molecule has 9 heavy (non-hydrogen) atoms. The summed E-state index contributed by atoms with van der Waals surface area (Å²) < 4.78 is 10.4. The number of hydrogen-bond acceptors (Lipinski definition) is 4. The Balaban J connectivity index is 2.08. The lowest BCUT2D eigenvalue weighted by atomic mass is 10.5. The lowest BCUT2D eigenvalue weighted by molar-refractivity contribution is 0.0771. The summed E-state index contributed by atoms with van der Waals surface area (Å²) in [6.07, 6.45) is 0. The van der Waals surface area contributed by atoms with Crippen LogP contribution >= 0.6 is 12.1 Å². The quantitative estimate of drug-likeness (QED) is 0.561. The van der Waals surface area contributed by atoms with Crippen LogP contribution in [0.15, 0.2) is 0 Å². The Labute approximate surface area is 60.0 Å². The molecule has 0 aliphatic carbocycles. The smallest absolute Gasteiger partial charge is 0.0603 e. The van der Waals surface area contributed by atoms with Crippen LogP contribution in [0.3, 0.4) is 0 Å². The van der Waals surface area contributed by atoms with E-state index in [4.69, 9.17) is 4.74 Å². The molecule has 3 nitrogen and oxygen atoms in total. The highest BCUT2D eigenvalue weighted by atomic mass is 32.2. The number of nitrogens with zero attached hydrogens (tertiary/aromatic N) is 1. The van der Waals surface area contributed by atoms with Gasteiger partial charge in [-0.25, -0.2) is 4.31 Å². The second kappa shape index (κ2) is 4.11. The Morgan fingerprint density at radius 3 is 2.67 bits per heavy atom. The monoisotopic (exact) mass is 148 g/mol. The second-order valence-corrected chi connectivity index (χ2v) is 2.94. The predicted molar refractivity (Wildman–Crippen MR) is 39.0 cm³/mol. The zero-order valence-electron chi connectivity index (χ0n) is 5.59. The van der Waals surface area contributed by atoms with Crippen LogP contribution in [0.1, 0.15) is 0 Å². The largest absolute Gasteiger partial charge is 0.379 e. The van der Waals surface area contributed by atoms with E-state index >= 15 is 0 Å². The van der Waals surface area contributed by atoms with Crippen molar-refractivity contribution in [3.63, 3.8) is 0 Å². The topological polar surface area (TPSA) is 24.5 Å². The first-order valence-corrected chi connectivity index (χ1v) is 3.87. The summed E-state index contributed by atoms with van der Waals surface area (Å²) in [5, 5.41) is 0. The summed E-state index contributed by atoms with van der Waals surface area (Å²) in [4.78, 5) is 0. The molecule has 1 aliphatic rings. The van der Waals surface area contributed by atoms with Gasteiger partial charge in [0.15, 0.2) is 0 Å². The Hall–Kier alpha value is 0.230. The maximum Gasteiger partial charge on any atom is 0.0603 e. The summed E-state index contributed by atoms with van der Waals surface area (Å²) in [5.41, 5.74) is 0. The van der Waals surface area contributed by atoms with E-state index < -0.39 is 0 Å². The van der Waals surface area contributed by atoms with Gasteiger partial charge in [-0.2, -0.15) is 0 Å². The minimum absolute atomic E-state index is 0.870. The molecule has 4 heteroatoms. The molecule has 1 N–H and O–H groups in total. The predicted octanol–water partition coefficient (Wildman–Crippen LogP) is 0.101. The van der Waals surface area contributed by atoms with Crippen LogP contribution in [0.4, 0.5) is 0 Å². The molecule has 1 fully saturated rings. The van der Waals surface area contributed by atoms with E-state index in [1.165, 1.54) is 0 Å². The van der Waals surface area contributed by atoms with Gasteiger partial charge in [0.25, 0.3) is 0 Å². The number of ether oxygens (including phenoxy) is 1. The van der Waals surface area contributed by atoms with E-state index in [1.54, 1.807) is 12.1 Å². The van der Waals surface area contributed by atoms with Crippen molar-refractivity contribution in [1.82, 2.24) is 9.03 Å². The molecule has 1 saturated heterocycles. The minimum Gasteiger partial charge on any atom is -0.379 e. The van der Waals surface area contributed by atoms with Gasteiger partial charge in [-0.3, -0.25) is 4.72 Å². The first-order valence-electron chi connectivity index (χ1n) is 3.10. The van der Waals surface area contributed by atoms with Gasteiger partial charge >= 0.3 is 0 Å². The average Bonchev–Trinajstić information content (AvgIpc) is 1.91. The van der Waals surface area contributed by atoms with Crippen LogP contribution in [0.2, 0.25) is 0 Å². The first-order chi connectivity index (χ1) is 4.43. The van der Waals surface area contributed by atoms with Gasteiger partial charge in [-0.1, -0.05) is 0 Å². The Bertz CT molecular complexity index is 72.6. The van der Waals surface area contributed by atoms with E-state index in [0.29, 0.717) is 0 Å². The fourth-order valence-corrected chi connectivity index (χ4v) is 1.36. The van der Waals surface area contributed by atoms with Gasteiger partial charge < -0.3 is 4.74 Å². The molecule has 0 aromatic rings. The first kappa shape index (κ1) is 7.34. The molecular formula is C5H12N2OS. The van der Waals surface area contributed by atoms with Crippen molar-refractivity contribution in [2.24, 2.45) is 0 Å². The maximum atomic E-state index is 5.16. The normalized spacial score (nSPS) is 22.3. The Kier molecular flexibility index (Phi) is 3.35. The van der Waals surface area contributed by atoms with Gasteiger partial charge in [-0.05, 0) is 7.05 Å². The van der Waals surface area contributed by atoms with Crippen LogP contribution < -0.4 is 4.72 Å². The summed E-state index contributed by atoms with van der Waals surface area (Å²) in [5.74, 6) is 0. The molecule has 0 radical (unpaired) electrons. The van der Waals surface area contributed by atoms with Crippen molar-refractivity contribution in [1.29, 1.82) is 0 Å². The van der Waals surface area contributed by atoms with E-state index in [9.17, 15) is 0 Å². The molecule has 0 spiro atoms. The fraction of sp³-hybridized carbons (Fsp3) is 1.00. The highest BCUT2D eigenvalue weighted by Crippen LogP contribution is 2.06. The zero-order valence-corrected chi connectivity index (χ0v) is 6.41. The number of rotatable bonds is 2. The van der Waals surface area contributed by atoms with Gasteiger partial charge in [0, 0.05) is 25.2 Å². The Morgan fingerprint density at radius 2 is 2.11 bits per heavy atom. The van der Waals surface area contributed by atoms with Crippen LogP contribution in [0.25, 0.3) is 0 Å². The van der Waals surface area contributed by atoms with Crippen LogP contribution in [0.5, 0.6) is 0 Å². The van der Waals surface area contributed by atoms with E-state index in [1.807, 2.05) is 7.05 Å².